The second-order valence-corrected chi connectivity index (χ2v) is 4.00. The normalized spacial score (nSPS) is 14.7. The molecule has 1 aromatic rings. The van der Waals surface area contributed by atoms with Crippen molar-refractivity contribution in [2.75, 3.05) is 12.0 Å². The summed E-state index contributed by atoms with van der Waals surface area (Å²) in [5.41, 5.74) is 2.01. The van der Waals surface area contributed by atoms with Crippen LogP contribution in [0.2, 0.25) is 0 Å². The van der Waals surface area contributed by atoms with Crippen LogP contribution in [0.3, 0.4) is 0 Å². The lowest BCUT2D eigenvalue weighted by Gasteiger charge is -2.23. The summed E-state index contributed by atoms with van der Waals surface area (Å²) in [4.78, 5) is 13.6. The zero-order chi connectivity index (χ0) is 11.0. The summed E-state index contributed by atoms with van der Waals surface area (Å²) in [7, 11) is 1.64. The number of anilines is 1. The number of ether oxygens (including phenoxy) is 1. The predicted molar refractivity (Wildman–Crippen MR) is 59.3 cm³/mol. The third-order valence-electron chi connectivity index (χ3n) is 2.67. The van der Waals surface area contributed by atoms with E-state index in [0.717, 1.165) is 17.0 Å². The maximum Gasteiger partial charge on any atom is 0.231 e. The largest absolute Gasteiger partial charge is 0.495 e. The van der Waals surface area contributed by atoms with E-state index in [4.69, 9.17) is 4.74 Å². The Balaban J connectivity index is 2.54. The standard InChI is InChI=1S/C12H15NO2/c1-8(2)13-11(14)7-9-5-4-6-10(15-3)12(9)13/h4-6,8H,7H2,1-3H3. The number of benzene rings is 1. The molecular formula is C12H15NO2. The van der Waals surface area contributed by atoms with Gasteiger partial charge in [-0.1, -0.05) is 12.1 Å². The van der Waals surface area contributed by atoms with Crippen molar-refractivity contribution in [1.82, 2.24) is 0 Å². The van der Waals surface area contributed by atoms with Gasteiger partial charge in [-0.2, -0.15) is 0 Å². The van der Waals surface area contributed by atoms with Crippen molar-refractivity contribution < 1.29 is 9.53 Å². The molecule has 0 N–H and O–H groups in total. The predicted octanol–water partition coefficient (Wildman–Crippen LogP) is 1.99. The van der Waals surface area contributed by atoms with E-state index in [2.05, 4.69) is 0 Å². The monoisotopic (exact) mass is 205 g/mol. The van der Waals surface area contributed by atoms with Gasteiger partial charge in [-0.25, -0.2) is 0 Å². The van der Waals surface area contributed by atoms with Gasteiger partial charge in [0.15, 0.2) is 0 Å². The Morgan fingerprint density at radius 1 is 1.40 bits per heavy atom. The molecule has 0 unspecified atom stereocenters. The molecule has 0 aliphatic carbocycles. The van der Waals surface area contributed by atoms with Crippen LogP contribution in [-0.2, 0) is 11.2 Å². The Hall–Kier alpha value is -1.51. The SMILES string of the molecule is COc1cccc2c1N(C(C)C)C(=O)C2. The molecule has 0 saturated carbocycles. The fourth-order valence-electron chi connectivity index (χ4n) is 2.07. The van der Waals surface area contributed by atoms with Gasteiger partial charge in [0, 0.05) is 6.04 Å². The summed E-state index contributed by atoms with van der Waals surface area (Å²) in [6, 6.07) is 5.98. The number of rotatable bonds is 2. The number of methoxy groups -OCH3 is 1. The van der Waals surface area contributed by atoms with Crippen molar-refractivity contribution >= 4 is 11.6 Å². The molecule has 0 aromatic heterocycles. The van der Waals surface area contributed by atoms with E-state index in [-0.39, 0.29) is 11.9 Å². The number of carbonyl (C=O) groups excluding carboxylic acids is 1. The highest BCUT2D eigenvalue weighted by Crippen LogP contribution is 2.38. The maximum atomic E-state index is 11.8. The molecule has 0 spiro atoms. The van der Waals surface area contributed by atoms with E-state index < -0.39 is 0 Å². The van der Waals surface area contributed by atoms with E-state index >= 15 is 0 Å². The van der Waals surface area contributed by atoms with Crippen LogP contribution < -0.4 is 9.64 Å². The molecule has 0 fully saturated rings. The van der Waals surface area contributed by atoms with Gasteiger partial charge >= 0.3 is 0 Å². The molecule has 0 radical (unpaired) electrons. The van der Waals surface area contributed by atoms with Crippen molar-refractivity contribution in [2.24, 2.45) is 0 Å². The second kappa shape index (κ2) is 3.57. The highest BCUT2D eigenvalue weighted by molar-refractivity contribution is 6.03. The van der Waals surface area contributed by atoms with E-state index in [9.17, 15) is 4.79 Å². The number of para-hydroxylation sites is 1. The van der Waals surface area contributed by atoms with Gasteiger partial charge < -0.3 is 9.64 Å². The van der Waals surface area contributed by atoms with E-state index in [0.29, 0.717) is 6.42 Å². The molecule has 80 valence electrons. The molecule has 0 atom stereocenters. The van der Waals surface area contributed by atoms with Crippen molar-refractivity contribution in [3.63, 3.8) is 0 Å². The summed E-state index contributed by atoms with van der Waals surface area (Å²) in [5.74, 6) is 0.941. The first-order chi connectivity index (χ1) is 7.15. The molecule has 0 bridgehead atoms. The van der Waals surface area contributed by atoms with Crippen LogP contribution in [-0.4, -0.2) is 19.1 Å². The zero-order valence-corrected chi connectivity index (χ0v) is 9.28. The Labute approximate surface area is 89.7 Å². The van der Waals surface area contributed by atoms with Crippen LogP contribution in [0.5, 0.6) is 5.75 Å². The van der Waals surface area contributed by atoms with Crippen molar-refractivity contribution in [3.8, 4) is 5.75 Å². The van der Waals surface area contributed by atoms with Crippen LogP contribution in [0.1, 0.15) is 19.4 Å². The molecule has 1 aromatic carbocycles. The first-order valence-corrected chi connectivity index (χ1v) is 5.13. The molecule has 0 saturated heterocycles. The van der Waals surface area contributed by atoms with Crippen LogP contribution in [0.15, 0.2) is 18.2 Å². The maximum absolute atomic E-state index is 11.8. The number of amides is 1. The summed E-state index contributed by atoms with van der Waals surface area (Å²) >= 11 is 0. The van der Waals surface area contributed by atoms with Gasteiger partial charge in [0.1, 0.15) is 5.75 Å². The van der Waals surface area contributed by atoms with E-state index in [1.807, 2.05) is 36.9 Å². The zero-order valence-electron chi connectivity index (χ0n) is 9.28. The second-order valence-electron chi connectivity index (χ2n) is 4.00. The van der Waals surface area contributed by atoms with Gasteiger partial charge in [0.05, 0.1) is 19.2 Å². The highest BCUT2D eigenvalue weighted by Gasteiger charge is 2.31. The van der Waals surface area contributed by atoms with Gasteiger partial charge in [0.2, 0.25) is 5.91 Å². The Kier molecular flexibility index (Phi) is 2.39. The summed E-state index contributed by atoms with van der Waals surface area (Å²) in [6.07, 6.45) is 0.491. The first-order valence-electron chi connectivity index (χ1n) is 5.13. The number of nitrogens with zero attached hydrogens (tertiary/aromatic N) is 1. The number of carbonyl (C=O) groups is 1. The van der Waals surface area contributed by atoms with Crippen molar-refractivity contribution in [2.45, 2.75) is 26.3 Å². The van der Waals surface area contributed by atoms with Crippen LogP contribution in [0.25, 0.3) is 0 Å². The first kappa shape index (κ1) is 10.0. The quantitative estimate of drug-likeness (QED) is 0.739. The number of hydrogen-bond donors (Lipinski definition) is 0. The van der Waals surface area contributed by atoms with Crippen LogP contribution >= 0.6 is 0 Å². The molecule has 15 heavy (non-hydrogen) atoms. The minimum Gasteiger partial charge on any atom is -0.495 e. The van der Waals surface area contributed by atoms with Gasteiger partial charge in [-0.15, -0.1) is 0 Å². The van der Waals surface area contributed by atoms with E-state index in [1.165, 1.54) is 0 Å². The molecule has 1 amide bonds. The Morgan fingerprint density at radius 3 is 2.73 bits per heavy atom. The van der Waals surface area contributed by atoms with Gasteiger partial charge in [-0.3, -0.25) is 4.79 Å². The summed E-state index contributed by atoms with van der Waals surface area (Å²) in [6.45, 7) is 4.03. The third-order valence-corrected chi connectivity index (χ3v) is 2.67. The lowest BCUT2D eigenvalue weighted by molar-refractivity contribution is -0.117. The lowest BCUT2D eigenvalue weighted by Crippen LogP contribution is -2.33. The average Bonchev–Trinajstić information content (AvgIpc) is 2.53. The molecule has 3 heteroatoms. The Morgan fingerprint density at radius 2 is 2.13 bits per heavy atom. The average molecular weight is 205 g/mol. The molecule has 3 nitrogen and oxygen atoms in total. The van der Waals surface area contributed by atoms with Gasteiger partial charge in [0.25, 0.3) is 0 Å². The van der Waals surface area contributed by atoms with E-state index in [1.54, 1.807) is 7.11 Å². The smallest absolute Gasteiger partial charge is 0.231 e. The summed E-state index contributed by atoms with van der Waals surface area (Å²) < 4.78 is 5.29. The summed E-state index contributed by atoms with van der Waals surface area (Å²) in [5, 5.41) is 0. The van der Waals surface area contributed by atoms with Crippen LogP contribution in [0.4, 0.5) is 5.69 Å². The highest BCUT2D eigenvalue weighted by atomic mass is 16.5. The molecule has 1 heterocycles. The lowest BCUT2D eigenvalue weighted by atomic mass is 10.1. The Bertz CT molecular complexity index is 399. The van der Waals surface area contributed by atoms with Crippen LogP contribution in [0, 0.1) is 0 Å². The molecule has 2 rings (SSSR count). The van der Waals surface area contributed by atoms with Crippen molar-refractivity contribution in [3.05, 3.63) is 23.8 Å². The fraction of sp³-hybridized carbons (Fsp3) is 0.417. The fourth-order valence-corrected chi connectivity index (χ4v) is 2.07. The van der Waals surface area contributed by atoms with Gasteiger partial charge in [-0.05, 0) is 25.5 Å². The number of hydrogen-bond acceptors (Lipinski definition) is 2. The van der Waals surface area contributed by atoms with Crippen molar-refractivity contribution in [1.29, 1.82) is 0 Å². The third kappa shape index (κ3) is 1.48. The molecule has 1 aliphatic heterocycles. The topological polar surface area (TPSA) is 29.5 Å². The number of fused-ring (bicyclic) bond motifs is 1. The molecular weight excluding hydrogens is 190 g/mol. The minimum atomic E-state index is 0.157. The molecule has 1 aliphatic rings. The minimum absolute atomic E-state index is 0.157.